The van der Waals surface area contributed by atoms with E-state index >= 15 is 0 Å². The standard InChI is InChI=1S/C11H19N5O2S/c1-6(8(17)14-11(3,4)5)12-9(18)13-10-16-15-7(2)19-10/h6H,1-5H3,(H,14,17)(H2,12,13,16,18)/t6-/m0/s1. The van der Waals surface area contributed by atoms with Crippen molar-refractivity contribution in [3.05, 3.63) is 5.01 Å². The Bertz CT molecular complexity index is 466. The van der Waals surface area contributed by atoms with E-state index in [0.717, 1.165) is 5.01 Å². The molecule has 1 rings (SSSR count). The molecule has 0 aliphatic rings. The number of hydrogen-bond acceptors (Lipinski definition) is 5. The van der Waals surface area contributed by atoms with Crippen molar-refractivity contribution in [2.24, 2.45) is 0 Å². The number of aromatic nitrogens is 2. The van der Waals surface area contributed by atoms with Crippen molar-refractivity contribution in [1.82, 2.24) is 20.8 Å². The highest BCUT2D eigenvalue weighted by atomic mass is 32.1. The van der Waals surface area contributed by atoms with Gasteiger partial charge in [-0.25, -0.2) is 4.79 Å². The Balaban J connectivity index is 2.46. The van der Waals surface area contributed by atoms with E-state index in [1.807, 2.05) is 20.8 Å². The van der Waals surface area contributed by atoms with Crippen LogP contribution >= 0.6 is 11.3 Å². The quantitative estimate of drug-likeness (QED) is 0.779. The normalized spacial score (nSPS) is 12.7. The number of nitrogens with zero attached hydrogens (tertiary/aromatic N) is 2. The first-order valence-electron chi connectivity index (χ1n) is 5.87. The molecule has 3 amide bonds. The van der Waals surface area contributed by atoms with Crippen LogP contribution in [0.1, 0.15) is 32.7 Å². The summed E-state index contributed by atoms with van der Waals surface area (Å²) < 4.78 is 0. The molecule has 0 saturated heterocycles. The van der Waals surface area contributed by atoms with Gasteiger partial charge in [0.05, 0.1) is 0 Å². The van der Waals surface area contributed by atoms with Crippen LogP contribution in [-0.4, -0.2) is 33.7 Å². The van der Waals surface area contributed by atoms with Crippen LogP contribution in [0.15, 0.2) is 0 Å². The Morgan fingerprint density at radius 3 is 2.37 bits per heavy atom. The number of anilines is 1. The van der Waals surface area contributed by atoms with Crippen molar-refractivity contribution in [2.75, 3.05) is 5.32 Å². The minimum Gasteiger partial charge on any atom is -0.350 e. The molecule has 3 N–H and O–H groups in total. The molecular formula is C11H19N5O2S. The van der Waals surface area contributed by atoms with Gasteiger partial charge in [-0.3, -0.25) is 10.1 Å². The van der Waals surface area contributed by atoms with E-state index in [9.17, 15) is 9.59 Å². The highest BCUT2D eigenvalue weighted by Crippen LogP contribution is 2.13. The summed E-state index contributed by atoms with van der Waals surface area (Å²) in [7, 11) is 0. The summed E-state index contributed by atoms with van der Waals surface area (Å²) in [4.78, 5) is 23.4. The first kappa shape index (κ1) is 15.4. The van der Waals surface area contributed by atoms with Gasteiger partial charge in [0.1, 0.15) is 11.0 Å². The van der Waals surface area contributed by atoms with Crippen molar-refractivity contribution in [3.8, 4) is 0 Å². The molecule has 0 radical (unpaired) electrons. The number of carbonyl (C=O) groups is 2. The van der Waals surface area contributed by atoms with Gasteiger partial charge in [0, 0.05) is 5.54 Å². The van der Waals surface area contributed by atoms with Gasteiger partial charge in [-0.2, -0.15) is 0 Å². The summed E-state index contributed by atoms with van der Waals surface area (Å²) in [6.07, 6.45) is 0. The third kappa shape index (κ3) is 5.64. The van der Waals surface area contributed by atoms with E-state index in [1.165, 1.54) is 11.3 Å². The summed E-state index contributed by atoms with van der Waals surface area (Å²) in [6, 6.07) is -1.11. The van der Waals surface area contributed by atoms with Crippen LogP contribution in [0.3, 0.4) is 0 Å². The molecule has 8 heteroatoms. The Morgan fingerprint density at radius 2 is 1.89 bits per heavy atom. The molecule has 7 nitrogen and oxygen atoms in total. The molecule has 0 fully saturated rings. The smallest absolute Gasteiger partial charge is 0.321 e. The maximum atomic E-state index is 11.8. The average molecular weight is 285 g/mol. The predicted molar refractivity (Wildman–Crippen MR) is 74.2 cm³/mol. The zero-order valence-corrected chi connectivity index (χ0v) is 12.5. The zero-order chi connectivity index (χ0) is 14.6. The fourth-order valence-electron chi connectivity index (χ4n) is 1.22. The van der Waals surface area contributed by atoms with E-state index in [1.54, 1.807) is 13.8 Å². The van der Waals surface area contributed by atoms with Crippen LogP contribution in [0.5, 0.6) is 0 Å². The van der Waals surface area contributed by atoms with Crippen molar-refractivity contribution in [3.63, 3.8) is 0 Å². The Morgan fingerprint density at radius 1 is 1.26 bits per heavy atom. The lowest BCUT2D eigenvalue weighted by Gasteiger charge is -2.23. The van der Waals surface area contributed by atoms with Gasteiger partial charge in [-0.1, -0.05) is 11.3 Å². The van der Waals surface area contributed by atoms with Crippen LogP contribution in [0.2, 0.25) is 0 Å². The van der Waals surface area contributed by atoms with Gasteiger partial charge in [0.15, 0.2) is 0 Å². The maximum absolute atomic E-state index is 11.8. The van der Waals surface area contributed by atoms with Crippen molar-refractivity contribution in [2.45, 2.75) is 46.2 Å². The van der Waals surface area contributed by atoms with Crippen molar-refractivity contribution in [1.29, 1.82) is 0 Å². The number of nitrogens with one attached hydrogen (secondary N) is 3. The second-order valence-electron chi connectivity index (χ2n) is 5.19. The molecule has 0 aliphatic heterocycles. The molecule has 0 aliphatic carbocycles. The van der Waals surface area contributed by atoms with Crippen LogP contribution < -0.4 is 16.0 Å². The minimum absolute atomic E-state index is 0.240. The van der Waals surface area contributed by atoms with Gasteiger partial charge in [0.25, 0.3) is 0 Å². The van der Waals surface area contributed by atoms with E-state index in [4.69, 9.17) is 0 Å². The van der Waals surface area contributed by atoms with E-state index in [2.05, 4.69) is 26.1 Å². The maximum Gasteiger partial charge on any atom is 0.321 e. The number of aryl methyl sites for hydroxylation is 1. The molecule has 19 heavy (non-hydrogen) atoms. The molecule has 1 aromatic heterocycles. The molecule has 0 aromatic carbocycles. The van der Waals surface area contributed by atoms with E-state index in [-0.39, 0.29) is 11.4 Å². The SMILES string of the molecule is Cc1nnc(NC(=O)N[C@@H](C)C(=O)NC(C)(C)C)s1. The van der Waals surface area contributed by atoms with Crippen LogP contribution in [-0.2, 0) is 4.79 Å². The van der Waals surface area contributed by atoms with Crippen molar-refractivity contribution >= 4 is 28.4 Å². The number of rotatable bonds is 3. The third-order valence-electron chi connectivity index (χ3n) is 1.99. The Kier molecular flexibility index (Phi) is 4.82. The fourth-order valence-corrected chi connectivity index (χ4v) is 1.81. The molecule has 106 valence electrons. The number of carbonyl (C=O) groups excluding carboxylic acids is 2. The monoisotopic (exact) mass is 285 g/mol. The largest absolute Gasteiger partial charge is 0.350 e. The van der Waals surface area contributed by atoms with Gasteiger partial charge in [-0.15, -0.1) is 10.2 Å². The summed E-state index contributed by atoms with van der Waals surface area (Å²) >= 11 is 1.27. The molecular weight excluding hydrogens is 266 g/mol. The van der Waals surface area contributed by atoms with E-state index in [0.29, 0.717) is 5.13 Å². The topological polar surface area (TPSA) is 96.0 Å². The molecule has 0 bridgehead atoms. The van der Waals surface area contributed by atoms with E-state index < -0.39 is 12.1 Å². The van der Waals surface area contributed by atoms with Crippen LogP contribution in [0, 0.1) is 6.92 Å². The summed E-state index contributed by atoms with van der Waals surface area (Å²) in [5.41, 5.74) is -0.333. The Labute approximate surface area is 116 Å². The van der Waals surface area contributed by atoms with Crippen LogP contribution in [0.4, 0.5) is 9.93 Å². The first-order chi connectivity index (χ1) is 8.67. The number of amides is 3. The number of urea groups is 1. The van der Waals surface area contributed by atoms with Crippen LogP contribution in [0.25, 0.3) is 0 Å². The fraction of sp³-hybridized carbons (Fsp3) is 0.636. The third-order valence-corrected chi connectivity index (χ3v) is 2.74. The lowest BCUT2D eigenvalue weighted by atomic mass is 10.1. The van der Waals surface area contributed by atoms with Gasteiger partial charge in [-0.05, 0) is 34.6 Å². The van der Waals surface area contributed by atoms with Gasteiger partial charge in [0.2, 0.25) is 11.0 Å². The predicted octanol–water partition coefficient (Wildman–Crippen LogP) is 1.27. The molecule has 1 atom stereocenters. The number of hydrogen-bond donors (Lipinski definition) is 3. The second-order valence-corrected chi connectivity index (χ2v) is 6.37. The molecule has 0 unspecified atom stereocenters. The van der Waals surface area contributed by atoms with Crippen molar-refractivity contribution < 1.29 is 9.59 Å². The lowest BCUT2D eigenvalue weighted by Crippen LogP contribution is -2.51. The highest BCUT2D eigenvalue weighted by molar-refractivity contribution is 7.15. The second kappa shape index (κ2) is 5.96. The lowest BCUT2D eigenvalue weighted by molar-refractivity contribution is -0.123. The first-order valence-corrected chi connectivity index (χ1v) is 6.68. The molecule has 0 saturated carbocycles. The average Bonchev–Trinajstić information content (AvgIpc) is 2.60. The molecule has 1 aromatic rings. The summed E-state index contributed by atoms with van der Waals surface area (Å²) in [5, 5.41) is 16.6. The summed E-state index contributed by atoms with van der Waals surface area (Å²) in [5.74, 6) is -0.240. The zero-order valence-electron chi connectivity index (χ0n) is 11.7. The molecule has 0 spiro atoms. The molecule has 1 heterocycles. The summed E-state index contributed by atoms with van der Waals surface area (Å²) in [6.45, 7) is 9.04. The Hall–Kier alpha value is -1.70. The minimum atomic E-state index is -0.631. The van der Waals surface area contributed by atoms with Gasteiger partial charge >= 0.3 is 6.03 Å². The van der Waals surface area contributed by atoms with Gasteiger partial charge < -0.3 is 10.6 Å². The highest BCUT2D eigenvalue weighted by Gasteiger charge is 2.20.